The molecule has 1 aliphatic rings. The Morgan fingerprint density at radius 2 is 2.07 bits per heavy atom. The van der Waals surface area contributed by atoms with Crippen molar-refractivity contribution in [1.82, 2.24) is 5.32 Å². The summed E-state index contributed by atoms with van der Waals surface area (Å²) in [6.45, 7) is 3.78. The standard InChI is InChI=1S/C11H19NO3/c1-3-4-9(11(14)15)12-10(13)7(2)8-5-6-8/h7-9H,3-6H2,1-2H3,(H,12,13)(H,14,15). The molecule has 2 atom stereocenters. The van der Waals surface area contributed by atoms with Gasteiger partial charge in [0.1, 0.15) is 6.04 Å². The van der Waals surface area contributed by atoms with E-state index in [1.54, 1.807) is 0 Å². The fourth-order valence-electron chi connectivity index (χ4n) is 1.66. The van der Waals surface area contributed by atoms with Gasteiger partial charge in [-0.1, -0.05) is 20.3 Å². The van der Waals surface area contributed by atoms with Gasteiger partial charge in [-0.3, -0.25) is 4.79 Å². The number of carboxylic acid groups (broad SMARTS) is 1. The first-order valence-electron chi connectivity index (χ1n) is 5.59. The fourth-order valence-corrected chi connectivity index (χ4v) is 1.66. The van der Waals surface area contributed by atoms with E-state index in [2.05, 4.69) is 5.32 Å². The van der Waals surface area contributed by atoms with Crippen LogP contribution in [0.15, 0.2) is 0 Å². The van der Waals surface area contributed by atoms with Gasteiger partial charge < -0.3 is 10.4 Å². The molecule has 86 valence electrons. The van der Waals surface area contributed by atoms with Crippen molar-refractivity contribution in [3.8, 4) is 0 Å². The van der Waals surface area contributed by atoms with Gasteiger partial charge in [-0.25, -0.2) is 4.79 Å². The minimum Gasteiger partial charge on any atom is -0.480 e. The van der Waals surface area contributed by atoms with E-state index in [1.165, 1.54) is 0 Å². The van der Waals surface area contributed by atoms with Gasteiger partial charge in [0.2, 0.25) is 5.91 Å². The summed E-state index contributed by atoms with van der Waals surface area (Å²) in [6.07, 6.45) is 3.45. The largest absolute Gasteiger partial charge is 0.480 e. The molecule has 4 nitrogen and oxygen atoms in total. The van der Waals surface area contributed by atoms with Crippen LogP contribution in [0, 0.1) is 11.8 Å². The fraction of sp³-hybridized carbons (Fsp3) is 0.818. The zero-order valence-corrected chi connectivity index (χ0v) is 9.32. The van der Waals surface area contributed by atoms with E-state index in [0.29, 0.717) is 12.3 Å². The van der Waals surface area contributed by atoms with Gasteiger partial charge >= 0.3 is 5.97 Å². The highest BCUT2D eigenvalue weighted by Crippen LogP contribution is 2.36. The number of aliphatic carboxylic acids is 1. The Labute approximate surface area is 90.0 Å². The molecule has 1 rings (SSSR count). The zero-order valence-electron chi connectivity index (χ0n) is 9.32. The van der Waals surface area contributed by atoms with Crippen molar-refractivity contribution in [2.75, 3.05) is 0 Å². The number of hydrogen-bond acceptors (Lipinski definition) is 2. The third-order valence-corrected chi connectivity index (χ3v) is 2.93. The summed E-state index contributed by atoms with van der Waals surface area (Å²) in [5.41, 5.74) is 0. The van der Waals surface area contributed by atoms with Gasteiger partial charge in [0.05, 0.1) is 0 Å². The van der Waals surface area contributed by atoms with Crippen molar-refractivity contribution >= 4 is 11.9 Å². The van der Waals surface area contributed by atoms with E-state index in [0.717, 1.165) is 19.3 Å². The van der Waals surface area contributed by atoms with E-state index in [4.69, 9.17) is 5.11 Å². The maximum atomic E-state index is 11.6. The van der Waals surface area contributed by atoms with Crippen LogP contribution >= 0.6 is 0 Å². The SMILES string of the molecule is CCCC(NC(=O)C(C)C1CC1)C(=O)O. The van der Waals surface area contributed by atoms with E-state index < -0.39 is 12.0 Å². The minimum atomic E-state index is -0.937. The van der Waals surface area contributed by atoms with E-state index in [-0.39, 0.29) is 11.8 Å². The first-order chi connectivity index (χ1) is 7.06. The molecule has 1 amide bonds. The van der Waals surface area contributed by atoms with Gasteiger partial charge in [0, 0.05) is 5.92 Å². The molecule has 2 unspecified atom stereocenters. The van der Waals surface area contributed by atoms with Crippen LogP contribution < -0.4 is 5.32 Å². The van der Waals surface area contributed by atoms with Crippen molar-refractivity contribution in [3.05, 3.63) is 0 Å². The summed E-state index contributed by atoms with van der Waals surface area (Å²) in [5.74, 6) is -0.615. The van der Waals surface area contributed by atoms with Crippen LogP contribution in [0.2, 0.25) is 0 Å². The van der Waals surface area contributed by atoms with Crippen LogP contribution in [0.3, 0.4) is 0 Å². The molecule has 0 aliphatic heterocycles. The predicted molar refractivity (Wildman–Crippen MR) is 56.4 cm³/mol. The third kappa shape index (κ3) is 3.53. The Morgan fingerprint density at radius 1 is 1.47 bits per heavy atom. The lowest BCUT2D eigenvalue weighted by molar-refractivity contribution is -0.142. The topological polar surface area (TPSA) is 66.4 Å². The monoisotopic (exact) mass is 213 g/mol. The Balaban J connectivity index is 2.42. The van der Waals surface area contributed by atoms with Crippen LogP contribution in [-0.4, -0.2) is 23.0 Å². The van der Waals surface area contributed by atoms with E-state index in [1.807, 2.05) is 13.8 Å². The van der Waals surface area contributed by atoms with Crippen LogP contribution in [-0.2, 0) is 9.59 Å². The molecule has 0 aromatic carbocycles. The van der Waals surface area contributed by atoms with Gasteiger partial charge in [0.15, 0.2) is 0 Å². The molecule has 1 aliphatic carbocycles. The van der Waals surface area contributed by atoms with Crippen LogP contribution in [0.25, 0.3) is 0 Å². The molecule has 1 saturated carbocycles. The highest BCUT2D eigenvalue weighted by Gasteiger charge is 2.33. The van der Waals surface area contributed by atoms with Crippen LogP contribution in [0.1, 0.15) is 39.5 Å². The average Bonchev–Trinajstić information content (AvgIpc) is 2.98. The maximum Gasteiger partial charge on any atom is 0.326 e. The lowest BCUT2D eigenvalue weighted by Gasteiger charge is -2.16. The number of nitrogens with one attached hydrogen (secondary N) is 1. The molecular formula is C11H19NO3. The highest BCUT2D eigenvalue weighted by atomic mass is 16.4. The smallest absolute Gasteiger partial charge is 0.326 e. The lowest BCUT2D eigenvalue weighted by Crippen LogP contribution is -2.43. The third-order valence-electron chi connectivity index (χ3n) is 2.93. The molecule has 2 N–H and O–H groups in total. The molecule has 0 saturated heterocycles. The average molecular weight is 213 g/mol. The minimum absolute atomic E-state index is 0.0382. The Kier molecular flexibility index (Phi) is 4.12. The van der Waals surface area contributed by atoms with Crippen molar-refractivity contribution in [2.45, 2.75) is 45.6 Å². The molecule has 1 fully saturated rings. The quantitative estimate of drug-likeness (QED) is 0.701. The van der Waals surface area contributed by atoms with Crippen LogP contribution in [0.5, 0.6) is 0 Å². The molecule has 4 heteroatoms. The summed E-state index contributed by atoms with van der Waals surface area (Å²) in [5, 5.41) is 11.5. The second-order valence-electron chi connectivity index (χ2n) is 4.31. The van der Waals surface area contributed by atoms with Crippen molar-refractivity contribution in [2.24, 2.45) is 11.8 Å². The summed E-state index contributed by atoms with van der Waals surface area (Å²) in [7, 11) is 0. The first kappa shape index (κ1) is 12.0. The van der Waals surface area contributed by atoms with Gasteiger partial charge in [-0.05, 0) is 25.2 Å². The number of carbonyl (C=O) groups is 2. The Morgan fingerprint density at radius 3 is 2.47 bits per heavy atom. The predicted octanol–water partition coefficient (Wildman–Crippen LogP) is 1.40. The number of carbonyl (C=O) groups excluding carboxylic acids is 1. The van der Waals surface area contributed by atoms with Gasteiger partial charge in [-0.2, -0.15) is 0 Å². The number of hydrogen-bond donors (Lipinski definition) is 2. The summed E-state index contributed by atoms with van der Waals surface area (Å²) < 4.78 is 0. The molecule has 0 spiro atoms. The molecule has 0 aromatic heterocycles. The molecule has 0 bridgehead atoms. The molecule has 0 heterocycles. The lowest BCUT2D eigenvalue weighted by atomic mass is 10.0. The second kappa shape index (κ2) is 5.14. The molecule has 0 aromatic rings. The highest BCUT2D eigenvalue weighted by molar-refractivity contribution is 5.85. The molecule has 0 radical (unpaired) electrons. The number of rotatable bonds is 6. The van der Waals surface area contributed by atoms with E-state index >= 15 is 0 Å². The van der Waals surface area contributed by atoms with Crippen molar-refractivity contribution < 1.29 is 14.7 Å². The zero-order chi connectivity index (χ0) is 11.4. The Hall–Kier alpha value is -1.06. The Bertz CT molecular complexity index is 248. The summed E-state index contributed by atoms with van der Waals surface area (Å²) in [6, 6.07) is -0.719. The van der Waals surface area contributed by atoms with Crippen LogP contribution in [0.4, 0.5) is 0 Å². The summed E-state index contributed by atoms with van der Waals surface area (Å²) >= 11 is 0. The molecular weight excluding hydrogens is 194 g/mol. The normalized spacial score (nSPS) is 19.3. The van der Waals surface area contributed by atoms with Gasteiger partial charge in [-0.15, -0.1) is 0 Å². The van der Waals surface area contributed by atoms with Gasteiger partial charge in [0.25, 0.3) is 0 Å². The van der Waals surface area contributed by atoms with Crippen molar-refractivity contribution in [1.29, 1.82) is 0 Å². The first-order valence-corrected chi connectivity index (χ1v) is 5.59. The number of carboxylic acids is 1. The number of amides is 1. The van der Waals surface area contributed by atoms with E-state index in [9.17, 15) is 9.59 Å². The second-order valence-corrected chi connectivity index (χ2v) is 4.31. The summed E-state index contributed by atoms with van der Waals surface area (Å²) in [4.78, 5) is 22.5. The molecule has 15 heavy (non-hydrogen) atoms. The maximum absolute atomic E-state index is 11.6. The van der Waals surface area contributed by atoms with Crippen molar-refractivity contribution in [3.63, 3.8) is 0 Å².